The Morgan fingerprint density at radius 3 is 2.50 bits per heavy atom. The number of aliphatic imine (C=N–C) groups is 1. The molecule has 0 radical (unpaired) electrons. The second-order valence-electron chi connectivity index (χ2n) is 10.4. The van der Waals surface area contributed by atoms with E-state index in [1.54, 1.807) is 6.20 Å². The summed E-state index contributed by atoms with van der Waals surface area (Å²) in [5, 5.41) is 13.4. The maximum Gasteiger partial charge on any atom is 0.326 e. The molecule has 4 atom stereocenters. The van der Waals surface area contributed by atoms with Crippen molar-refractivity contribution in [1.82, 2.24) is 20.1 Å². The van der Waals surface area contributed by atoms with Crippen LogP contribution in [-0.4, -0.2) is 93.3 Å². The minimum Gasteiger partial charge on any atom is -0.480 e. The van der Waals surface area contributed by atoms with Gasteiger partial charge in [-0.1, -0.05) is 18.2 Å². The van der Waals surface area contributed by atoms with E-state index in [2.05, 4.69) is 15.3 Å². The molecular formula is C27H38N8O5. The highest BCUT2D eigenvalue weighted by Crippen LogP contribution is 2.26. The lowest BCUT2D eigenvalue weighted by Crippen LogP contribution is -2.56. The van der Waals surface area contributed by atoms with Crippen molar-refractivity contribution < 1.29 is 24.3 Å². The van der Waals surface area contributed by atoms with E-state index in [0.29, 0.717) is 58.2 Å². The van der Waals surface area contributed by atoms with Crippen molar-refractivity contribution in [2.75, 3.05) is 19.6 Å². The standard InChI is InChI=1S/C27H38N8O5/c28-18(7-3-11-31-27(29)30)24(37)35-13-5-10-22(35)25(38)34-12-4-9-21(34)23(36)33-20(26(39)40)14-16-15-32-19-8-2-1-6-17(16)19/h1-2,6,8,15,18,20-22,32H,3-5,7,9-14,28H2,(H,33,36)(H,39,40)(H4,29,30,31). The van der Waals surface area contributed by atoms with Gasteiger partial charge in [0.15, 0.2) is 5.96 Å². The van der Waals surface area contributed by atoms with Crippen LogP contribution in [0.25, 0.3) is 10.9 Å². The molecular weight excluding hydrogens is 516 g/mol. The van der Waals surface area contributed by atoms with Crippen LogP contribution in [-0.2, 0) is 25.6 Å². The van der Waals surface area contributed by atoms with E-state index < -0.39 is 36.0 Å². The van der Waals surface area contributed by atoms with Crippen molar-refractivity contribution in [3.8, 4) is 0 Å². The maximum absolute atomic E-state index is 13.6. The molecule has 3 amide bonds. The summed E-state index contributed by atoms with van der Waals surface area (Å²) in [4.78, 5) is 62.1. The average Bonchev–Trinajstić information content (AvgIpc) is 3.69. The number of fused-ring (bicyclic) bond motifs is 1. The average molecular weight is 555 g/mol. The zero-order chi connectivity index (χ0) is 28.8. The van der Waals surface area contributed by atoms with Gasteiger partial charge in [-0.25, -0.2) is 4.79 Å². The number of guanidine groups is 1. The summed E-state index contributed by atoms with van der Waals surface area (Å²) >= 11 is 0. The lowest BCUT2D eigenvalue weighted by atomic mass is 10.0. The van der Waals surface area contributed by atoms with Crippen LogP contribution in [0.1, 0.15) is 44.1 Å². The van der Waals surface area contributed by atoms with Gasteiger partial charge in [0.05, 0.1) is 6.04 Å². The number of carboxylic acid groups (broad SMARTS) is 1. The van der Waals surface area contributed by atoms with Gasteiger partial charge >= 0.3 is 5.97 Å². The fraction of sp³-hybridized carbons (Fsp3) is 0.519. The highest BCUT2D eigenvalue weighted by molar-refractivity contribution is 5.95. The second kappa shape index (κ2) is 12.8. The number of H-pyrrole nitrogens is 1. The number of hydrogen-bond donors (Lipinski definition) is 6. The Balaban J connectivity index is 1.39. The van der Waals surface area contributed by atoms with Gasteiger partial charge in [-0.15, -0.1) is 0 Å². The number of hydrogen-bond acceptors (Lipinski definition) is 6. The van der Waals surface area contributed by atoms with E-state index in [9.17, 15) is 24.3 Å². The van der Waals surface area contributed by atoms with E-state index in [1.807, 2.05) is 24.3 Å². The van der Waals surface area contributed by atoms with Gasteiger partial charge in [0.25, 0.3) is 0 Å². The summed E-state index contributed by atoms with van der Waals surface area (Å²) in [5.74, 6) is -2.31. The van der Waals surface area contributed by atoms with E-state index in [-0.39, 0.29) is 24.2 Å². The predicted molar refractivity (Wildman–Crippen MR) is 149 cm³/mol. The Morgan fingerprint density at radius 1 is 1.07 bits per heavy atom. The van der Waals surface area contributed by atoms with Gasteiger partial charge < -0.3 is 42.4 Å². The van der Waals surface area contributed by atoms with Crippen molar-refractivity contribution in [3.05, 3.63) is 36.0 Å². The molecule has 9 N–H and O–H groups in total. The number of carboxylic acids is 1. The molecule has 1 aromatic heterocycles. The van der Waals surface area contributed by atoms with Gasteiger partial charge in [0.2, 0.25) is 17.7 Å². The largest absolute Gasteiger partial charge is 0.480 e. The molecule has 2 aliphatic rings. The first-order valence-electron chi connectivity index (χ1n) is 13.7. The molecule has 2 saturated heterocycles. The number of amides is 3. The zero-order valence-electron chi connectivity index (χ0n) is 22.4. The molecule has 0 bridgehead atoms. The molecule has 40 heavy (non-hydrogen) atoms. The number of nitrogens with two attached hydrogens (primary N) is 3. The molecule has 2 aromatic rings. The van der Waals surface area contributed by atoms with Crippen LogP contribution in [0.4, 0.5) is 0 Å². The molecule has 13 heteroatoms. The Bertz CT molecular complexity index is 1270. The molecule has 1 aromatic carbocycles. The molecule has 3 heterocycles. The van der Waals surface area contributed by atoms with E-state index in [1.165, 1.54) is 9.80 Å². The second-order valence-corrected chi connectivity index (χ2v) is 10.4. The van der Waals surface area contributed by atoms with Crippen LogP contribution < -0.4 is 22.5 Å². The number of carbonyl (C=O) groups is 4. The van der Waals surface area contributed by atoms with Crippen molar-refractivity contribution in [2.45, 2.75) is 69.1 Å². The van der Waals surface area contributed by atoms with E-state index >= 15 is 0 Å². The van der Waals surface area contributed by atoms with Crippen LogP contribution in [0.15, 0.2) is 35.5 Å². The number of para-hydroxylation sites is 1. The Morgan fingerprint density at radius 2 is 1.77 bits per heavy atom. The monoisotopic (exact) mass is 554 g/mol. The Labute approximate surface area is 232 Å². The summed E-state index contributed by atoms with van der Waals surface area (Å²) < 4.78 is 0. The number of nitrogens with one attached hydrogen (secondary N) is 2. The van der Waals surface area contributed by atoms with Gasteiger partial charge in [-0.3, -0.25) is 19.4 Å². The minimum atomic E-state index is -1.16. The fourth-order valence-corrected chi connectivity index (χ4v) is 5.63. The molecule has 216 valence electrons. The third kappa shape index (κ3) is 6.53. The zero-order valence-corrected chi connectivity index (χ0v) is 22.4. The summed E-state index contributed by atoms with van der Waals surface area (Å²) in [5.41, 5.74) is 18.4. The number of aliphatic carboxylic acids is 1. The van der Waals surface area contributed by atoms with Gasteiger partial charge in [0, 0.05) is 43.2 Å². The van der Waals surface area contributed by atoms with Crippen LogP contribution >= 0.6 is 0 Å². The number of aromatic nitrogens is 1. The lowest BCUT2D eigenvalue weighted by molar-refractivity contribution is -0.148. The maximum atomic E-state index is 13.6. The third-order valence-corrected chi connectivity index (χ3v) is 7.66. The van der Waals surface area contributed by atoms with Crippen LogP contribution in [0.3, 0.4) is 0 Å². The first-order valence-corrected chi connectivity index (χ1v) is 13.7. The predicted octanol–water partition coefficient (Wildman–Crippen LogP) is -0.357. The molecule has 0 spiro atoms. The summed E-state index contributed by atoms with van der Waals surface area (Å²) in [6.07, 6.45) is 4.89. The minimum absolute atomic E-state index is 0.0260. The van der Waals surface area contributed by atoms with Crippen LogP contribution in [0.5, 0.6) is 0 Å². The number of carbonyl (C=O) groups excluding carboxylic acids is 3. The van der Waals surface area contributed by atoms with Gasteiger partial charge in [-0.2, -0.15) is 0 Å². The molecule has 2 aliphatic heterocycles. The SMILES string of the molecule is NC(N)=NCCCC(N)C(=O)N1CCCC1C(=O)N1CCCC1C(=O)NC(Cc1c[nH]c2ccccc12)C(=O)O. The van der Waals surface area contributed by atoms with Crippen LogP contribution in [0, 0.1) is 0 Å². The van der Waals surface area contributed by atoms with Crippen molar-refractivity contribution in [1.29, 1.82) is 0 Å². The molecule has 2 fully saturated rings. The highest BCUT2D eigenvalue weighted by Gasteiger charge is 2.43. The van der Waals surface area contributed by atoms with Crippen molar-refractivity contribution in [2.24, 2.45) is 22.2 Å². The first-order chi connectivity index (χ1) is 19.2. The smallest absolute Gasteiger partial charge is 0.326 e. The Kier molecular flexibility index (Phi) is 9.25. The lowest BCUT2D eigenvalue weighted by Gasteiger charge is -2.32. The van der Waals surface area contributed by atoms with E-state index in [0.717, 1.165) is 16.5 Å². The topological polar surface area (TPSA) is 213 Å². The first kappa shape index (κ1) is 28.9. The molecule has 0 aliphatic carbocycles. The molecule has 4 rings (SSSR count). The highest BCUT2D eigenvalue weighted by atomic mass is 16.4. The van der Waals surface area contributed by atoms with Crippen molar-refractivity contribution in [3.63, 3.8) is 0 Å². The normalized spacial score (nSPS) is 20.3. The number of nitrogens with zero attached hydrogens (tertiary/aromatic N) is 3. The number of rotatable bonds is 11. The Hall–Kier alpha value is -4.13. The number of aromatic amines is 1. The quantitative estimate of drug-likeness (QED) is 0.122. The van der Waals surface area contributed by atoms with E-state index in [4.69, 9.17) is 17.2 Å². The van der Waals surface area contributed by atoms with Crippen LogP contribution in [0.2, 0.25) is 0 Å². The van der Waals surface area contributed by atoms with Gasteiger partial charge in [-0.05, 0) is 50.2 Å². The van der Waals surface area contributed by atoms with Gasteiger partial charge in [0.1, 0.15) is 18.1 Å². The summed E-state index contributed by atoms with van der Waals surface area (Å²) in [6.45, 7) is 1.13. The number of likely N-dealkylation sites (tertiary alicyclic amines) is 2. The number of benzene rings is 1. The summed E-state index contributed by atoms with van der Waals surface area (Å²) in [6, 6.07) is 4.08. The molecule has 4 unspecified atom stereocenters. The molecule has 13 nitrogen and oxygen atoms in total. The molecule has 0 saturated carbocycles. The van der Waals surface area contributed by atoms with Crippen molar-refractivity contribution >= 4 is 40.6 Å². The summed E-state index contributed by atoms with van der Waals surface area (Å²) in [7, 11) is 0. The fourth-order valence-electron chi connectivity index (χ4n) is 5.63. The third-order valence-electron chi connectivity index (χ3n) is 7.66.